The fraction of sp³-hybridized carbons (Fsp3) is 1.00. The van der Waals surface area contributed by atoms with Gasteiger partial charge in [-0.15, -0.1) is 0 Å². The van der Waals surface area contributed by atoms with E-state index in [2.05, 4.69) is 74.7 Å². The van der Waals surface area contributed by atoms with Crippen molar-refractivity contribution >= 4 is 31.5 Å². The Morgan fingerprint density at radius 2 is 1.10 bits per heavy atom. The second-order valence-corrected chi connectivity index (χ2v) is 21.7. The lowest BCUT2D eigenvalue weighted by atomic mass is 10.2. The van der Waals surface area contributed by atoms with Crippen LogP contribution in [-0.2, 0) is 6.96 Å². The molecule has 0 radical (unpaired) electrons. The van der Waals surface area contributed by atoms with Crippen molar-refractivity contribution in [3.8, 4) is 0 Å². The Hall–Kier alpha value is 0.886. The largest absolute Gasteiger partial charge is 0.652 e. The number of unbranched alkanes of at least 4 members (excludes halogenated alkanes) is 1. The molecule has 0 saturated carbocycles. The highest BCUT2D eigenvalue weighted by Crippen LogP contribution is 2.40. The van der Waals surface area contributed by atoms with Crippen LogP contribution in [0.5, 0.6) is 0 Å². The van der Waals surface area contributed by atoms with Gasteiger partial charge in [0.05, 0.1) is 0 Å². The lowest BCUT2D eigenvalue weighted by Gasteiger charge is -2.43. The molecular formula is C16H39AlO2Si2. The first-order valence-corrected chi connectivity index (χ1v) is 16.1. The Kier molecular flexibility index (Phi) is 7.96. The summed E-state index contributed by atoms with van der Waals surface area (Å²) in [5, 5.41) is 1.69. The van der Waals surface area contributed by atoms with Crippen molar-refractivity contribution in [2.45, 2.75) is 103 Å². The van der Waals surface area contributed by atoms with Gasteiger partial charge in [0.15, 0.2) is 16.6 Å². The summed E-state index contributed by atoms with van der Waals surface area (Å²) in [5.74, 6) is 0. The lowest BCUT2D eigenvalue weighted by Crippen LogP contribution is -2.52. The van der Waals surface area contributed by atoms with Crippen LogP contribution in [0.1, 0.15) is 61.3 Å². The van der Waals surface area contributed by atoms with Crippen molar-refractivity contribution in [3.63, 3.8) is 0 Å². The third kappa shape index (κ3) is 6.89. The van der Waals surface area contributed by atoms with Gasteiger partial charge in [-0.3, -0.25) is 0 Å². The lowest BCUT2D eigenvalue weighted by molar-refractivity contribution is 0.375. The van der Waals surface area contributed by atoms with Gasteiger partial charge in [0, 0.05) is 0 Å². The minimum atomic E-state index is -1.72. The van der Waals surface area contributed by atoms with Gasteiger partial charge in [-0.05, 0) is 41.5 Å². The second-order valence-electron chi connectivity index (χ2n) is 9.33. The summed E-state index contributed by atoms with van der Waals surface area (Å²) >= 11 is -1.58. The predicted molar refractivity (Wildman–Crippen MR) is 102 cm³/mol. The molecule has 0 aliphatic heterocycles. The Morgan fingerprint density at radius 1 is 0.762 bits per heavy atom. The monoisotopic (exact) mass is 346 g/mol. The molecule has 0 bridgehead atoms. The molecule has 21 heavy (non-hydrogen) atoms. The fourth-order valence-corrected chi connectivity index (χ4v) is 11.9. The van der Waals surface area contributed by atoms with Gasteiger partial charge in [-0.1, -0.05) is 61.3 Å². The summed E-state index contributed by atoms with van der Waals surface area (Å²) in [6.07, 6.45) is 2.46. The van der Waals surface area contributed by atoms with E-state index in [-0.39, 0.29) is 10.1 Å². The van der Waals surface area contributed by atoms with Crippen molar-refractivity contribution < 1.29 is 6.96 Å². The van der Waals surface area contributed by atoms with Crippen molar-refractivity contribution in [3.05, 3.63) is 0 Å². The van der Waals surface area contributed by atoms with E-state index in [1.165, 1.54) is 12.8 Å². The number of rotatable bonds is 7. The Morgan fingerprint density at radius 3 is 1.33 bits per heavy atom. The van der Waals surface area contributed by atoms with E-state index in [1.54, 1.807) is 0 Å². The molecule has 0 amide bonds. The molecule has 0 N–H and O–H groups in total. The number of hydrogen-bond acceptors (Lipinski definition) is 2. The molecule has 5 heteroatoms. The summed E-state index contributed by atoms with van der Waals surface area (Å²) in [6, 6.07) is 0. The van der Waals surface area contributed by atoms with E-state index >= 15 is 0 Å². The fourth-order valence-electron chi connectivity index (χ4n) is 1.52. The molecular weight excluding hydrogens is 307 g/mol. The quantitative estimate of drug-likeness (QED) is 0.502. The topological polar surface area (TPSA) is 18.5 Å². The van der Waals surface area contributed by atoms with Crippen LogP contribution in [0.2, 0.25) is 41.5 Å². The van der Waals surface area contributed by atoms with Crippen molar-refractivity contribution in [1.29, 1.82) is 0 Å². The average Bonchev–Trinajstić information content (AvgIpc) is 2.21. The normalized spacial score (nSPS) is 14.4. The maximum Gasteiger partial charge on any atom is 0.652 e. The molecule has 0 aromatic rings. The maximum absolute atomic E-state index is 6.73. The SMILES string of the molecule is CCC[CH2][Al]([O][Si](C)(C)C(C)(C)C)[O][Si](C)(C)C(C)(C)C. The smallest absolute Gasteiger partial charge is 0.523 e. The average molecular weight is 347 g/mol. The van der Waals surface area contributed by atoms with Crippen molar-refractivity contribution in [1.82, 2.24) is 0 Å². The first kappa shape index (κ1) is 21.9. The molecule has 0 aromatic heterocycles. The molecule has 0 fully saturated rings. The minimum Gasteiger partial charge on any atom is -0.523 e. The van der Waals surface area contributed by atoms with Gasteiger partial charge in [0.25, 0.3) is 0 Å². The molecule has 0 atom stereocenters. The summed E-state index contributed by atoms with van der Waals surface area (Å²) in [4.78, 5) is 0. The predicted octanol–water partition coefficient (Wildman–Crippen LogP) is 6.32. The standard InChI is InChI=1S/2C6H15OSi.C4H9.Al/c2*1-6(2,3)8(4,5)7;1-3-4-2;/h2*1-5H3;1,3-4H2,2H3;/q2*-1;;+2. The Balaban J connectivity index is 5.07. The zero-order chi connectivity index (χ0) is 17.1. The zero-order valence-corrected chi connectivity index (χ0v) is 19.7. The maximum atomic E-state index is 6.73. The molecule has 0 heterocycles. The molecule has 0 rings (SSSR count). The van der Waals surface area contributed by atoms with Crippen molar-refractivity contribution in [2.75, 3.05) is 0 Å². The van der Waals surface area contributed by atoms with E-state index in [0.29, 0.717) is 0 Å². The van der Waals surface area contributed by atoms with Crippen LogP contribution in [0.25, 0.3) is 0 Å². The molecule has 0 aromatic carbocycles. The Bertz CT molecular complexity index is 289. The minimum absolute atomic E-state index is 0.265. The summed E-state index contributed by atoms with van der Waals surface area (Å²) in [6.45, 7) is 25.6. The van der Waals surface area contributed by atoms with Gasteiger partial charge in [-0.25, -0.2) is 0 Å². The summed E-state index contributed by atoms with van der Waals surface area (Å²) in [5.41, 5.74) is 0. The number of hydrogen-bond donors (Lipinski definition) is 0. The zero-order valence-electron chi connectivity index (χ0n) is 16.5. The second kappa shape index (κ2) is 7.64. The summed E-state index contributed by atoms with van der Waals surface area (Å²) < 4.78 is 13.5. The van der Waals surface area contributed by atoms with E-state index in [4.69, 9.17) is 6.96 Å². The Labute approximate surface area is 141 Å². The van der Waals surface area contributed by atoms with Crippen LogP contribution >= 0.6 is 0 Å². The van der Waals surface area contributed by atoms with Crippen LogP contribution in [-0.4, -0.2) is 31.5 Å². The third-order valence-corrected chi connectivity index (χ3v) is 20.2. The van der Waals surface area contributed by atoms with E-state index < -0.39 is 31.5 Å². The van der Waals surface area contributed by atoms with E-state index in [0.717, 1.165) is 5.28 Å². The van der Waals surface area contributed by atoms with Gasteiger partial charge in [-0.2, -0.15) is 0 Å². The van der Waals surface area contributed by atoms with Crippen molar-refractivity contribution in [2.24, 2.45) is 0 Å². The van der Waals surface area contributed by atoms with Gasteiger partial charge >= 0.3 is 14.8 Å². The molecule has 0 unspecified atom stereocenters. The van der Waals surface area contributed by atoms with E-state index in [9.17, 15) is 0 Å². The third-order valence-electron chi connectivity index (χ3n) is 5.26. The van der Waals surface area contributed by atoms with Crippen LogP contribution in [0.15, 0.2) is 0 Å². The molecule has 126 valence electrons. The molecule has 0 aliphatic carbocycles. The molecule has 0 spiro atoms. The first-order valence-electron chi connectivity index (χ1n) is 8.50. The van der Waals surface area contributed by atoms with E-state index in [1.807, 2.05) is 0 Å². The van der Waals surface area contributed by atoms with Crippen LogP contribution in [0.4, 0.5) is 0 Å². The van der Waals surface area contributed by atoms with Crippen LogP contribution < -0.4 is 0 Å². The molecule has 2 nitrogen and oxygen atoms in total. The summed E-state index contributed by atoms with van der Waals surface area (Å²) in [7, 11) is -3.44. The van der Waals surface area contributed by atoms with Crippen LogP contribution in [0, 0.1) is 0 Å². The highest BCUT2D eigenvalue weighted by molar-refractivity contribution is 6.84. The molecule has 0 saturated heterocycles. The highest BCUT2D eigenvalue weighted by Gasteiger charge is 2.46. The van der Waals surface area contributed by atoms with Gasteiger partial charge in [0.1, 0.15) is 0 Å². The first-order chi connectivity index (χ1) is 9.14. The van der Waals surface area contributed by atoms with Gasteiger partial charge in [0.2, 0.25) is 0 Å². The van der Waals surface area contributed by atoms with Crippen LogP contribution in [0.3, 0.4) is 0 Å². The van der Waals surface area contributed by atoms with Gasteiger partial charge < -0.3 is 6.96 Å². The highest BCUT2D eigenvalue weighted by atomic mass is 28.4. The molecule has 0 aliphatic rings.